The second-order valence-corrected chi connectivity index (χ2v) is 7.67. The van der Waals surface area contributed by atoms with Crippen molar-refractivity contribution in [3.63, 3.8) is 0 Å². The molecule has 7 nitrogen and oxygen atoms in total. The molecule has 0 N–H and O–H groups in total. The van der Waals surface area contributed by atoms with Gasteiger partial charge in [0.2, 0.25) is 5.91 Å². The van der Waals surface area contributed by atoms with E-state index in [1.807, 2.05) is 11.8 Å². The van der Waals surface area contributed by atoms with Gasteiger partial charge in [0, 0.05) is 45.4 Å². The molecule has 2 amide bonds. The first-order chi connectivity index (χ1) is 14.0. The average molecular weight is 400 g/mol. The second-order valence-electron chi connectivity index (χ2n) is 7.67. The summed E-state index contributed by atoms with van der Waals surface area (Å²) in [4.78, 5) is 29.7. The molecule has 29 heavy (non-hydrogen) atoms. The fourth-order valence-electron chi connectivity index (χ4n) is 4.10. The largest absolute Gasteiger partial charge is 0.379 e. The molecule has 0 saturated carbocycles. The molecule has 0 radical (unpaired) electrons. The summed E-state index contributed by atoms with van der Waals surface area (Å²) in [5.41, 5.74) is 0.665. The number of aromatic nitrogens is 2. The summed E-state index contributed by atoms with van der Waals surface area (Å²) in [6, 6.07) is 7.89. The Balaban J connectivity index is 1.60. The first-order valence-electron chi connectivity index (χ1n) is 9.96. The third-order valence-corrected chi connectivity index (χ3v) is 5.76. The van der Waals surface area contributed by atoms with Gasteiger partial charge in [-0.05, 0) is 37.1 Å². The van der Waals surface area contributed by atoms with E-state index in [0.717, 1.165) is 5.56 Å². The summed E-state index contributed by atoms with van der Waals surface area (Å²) in [7, 11) is 0. The number of rotatable bonds is 4. The number of aryl methyl sites for hydroxylation is 1. The average Bonchev–Trinajstić information content (AvgIpc) is 3.37. The Morgan fingerprint density at radius 3 is 2.72 bits per heavy atom. The molecule has 4 rings (SSSR count). The van der Waals surface area contributed by atoms with Crippen LogP contribution in [0, 0.1) is 5.82 Å². The third kappa shape index (κ3) is 3.89. The lowest BCUT2D eigenvalue weighted by molar-refractivity contribution is -0.137. The molecule has 3 heterocycles. The maximum absolute atomic E-state index is 13.3. The van der Waals surface area contributed by atoms with Crippen molar-refractivity contribution in [3.8, 4) is 0 Å². The lowest BCUT2D eigenvalue weighted by Crippen LogP contribution is -2.56. The molecule has 1 unspecified atom stereocenters. The fourth-order valence-corrected chi connectivity index (χ4v) is 4.10. The van der Waals surface area contributed by atoms with Gasteiger partial charge in [0.15, 0.2) is 0 Å². The van der Waals surface area contributed by atoms with Gasteiger partial charge in [0.05, 0.1) is 12.1 Å². The van der Waals surface area contributed by atoms with Crippen molar-refractivity contribution < 1.29 is 18.7 Å². The van der Waals surface area contributed by atoms with Crippen LogP contribution in [-0.2, 0) is 22.6 Å². The van der Waals surface area contributed by atoms with Crippen LogP contribution in [-0.4, -0.2) is 63.2 Å². The molecule has 0 aliphatic carbocycles. The Morgan fingerprint density at radius 1 is 1.28 bits per heavy atom. The number of benzene rings is 1. The minimum atomic E-state index is -0.578. The topological polar surface area (TPSA) is 67.7 Å². The van der Waals surface area contributed by atoms with Gasteiger partial charge in [-0.2, -0.15) is 5.10 Å². The van der Waals surface area contributed by atoms with Crippen LogP contribution in [0.5, 0.6) is 0 Å². The van der Waals surface area contributed by atoms with Crippen LogP contribution >= 0.6 is 0 Å². The number of halogens is 1. The van der Waals surface area contributed by atoms with Gasteiger partial charge >= 0.3 is 0 Å². The summed E-state index contributed by atoms with van der Waals surface area (Å²) >= 11 is 0. The van der Waals surface area contributed by atoms with Crippen molar-refractivity contribution in [2.45, 2.75) is 38.4 Å². The van der Waals surface area contributed by atoms with Crippen LogP contribution in [0.25, 0.3) is 0 Å². The van der Waals surface area contributed by atoms with Gasteiger partial charge in [-0.25, -0.2) is 4.39 Å². The highest BCUT2D eigenvalue weighted by molar-refractivity contribution is 5.93. The van der Waals surface area contributed by atoms with Crippen molar-refractivity contribution in [2.75, 3.05) is 26.3 Å². The zero-order chi connectivity index (χ0) is 20.4. The summed E-state index contributed by atoms with van der Waals surface area (Å²) in [5, 5.41) is 4.32. The number of hydrogen-bond acceptors (Lipinski definition) is 4. The Morgan fingerprint density at radius 2 is 2.07 bits per heavy atom. The third-order valence-electron chi connectivity index (χ3n) is 5.76. The number of hydrogen-bond donors (Lipinski definition) is 0. The van der Waals surface area contributed by atoms with E-state index in [2.05, 4.69) is 5.10 Å². The van der Waals surface area contributed by atoms with Crippen LogP contribution in [0.1, 0.15) is 35.8 Å². The SMILES string of the molecule is CCn1ccc(C(=O)N2CCC(=O)N(Cc3ccc(F)cc3)C3(CCOC3)C2)n1. The lowest BCUT2D eigenvalue weighted by atomic mass is 9.94. The molecular weight excluding hydrogens is 375 g/mol. The monoisotopic (exact) mass is 400 g/mol. The van der Waals surface area contributed by atoms with E-state index >= 15 is 0 Å². The predicted molar refractivity (Wildman–Crippen MR) is 104 cm³/mol. The molecule has 1 spiro atoms. The summed E-state index contributed by atoms with van der Waals surface area (Å²) in [5.74, 6) is -0.493. The molecule has 2 aromatic rings. The quantitative estimate of drug-likeness (QED) is 0.788. The Kier molecular flexibility index (Phi) is 5.36. The number of nitrogens with zero attached hydrogens (tertiary/aromatic N) is 4. The molecule has 2 fully saturated rings. The van der Waals surface area contributed by atoms with E-state index in [0.29, 0.717) is 51.5 Å². The maximum atomic E-state index is 13.3. The van der Waals surface area contributed by atoms with E-state index in [4.69, 9.17) is 4.74 Å². The van der Waals surface area contributed by atoms with Gasteiger partial charge in [-0.15, -0.1) is 0 Å². The Bertz CT molecular complexity index is 890. The van der Waals surface area contributed by atoms with Gasteiger partial charge < -0.3 is 14.5 Å². The minimum absolute atomic E-state index is 0.0192. The zero-order valence-electron chi connectivity index (χ0n) is 16.5. The van der Waals surface area contributed by atoms with E-state index in [9.17, 15) is 14.0 Å². The van der Waals surface area contributed by atoms with Crippen molar-refractivity contribution >= 4 is 11.8 Å². The normalized spacial score (nSPS) is 22.3. The molecule has 2 aliphatic heterocycles. The van der Waals surface area contributed by atoms with Crippen LogP contribution in [0.4, 0.5) is 4.39 Å². The molecule has 2 saturated heterocycles. The summed E-state index contributed by atoms with van der Waals surface area (Å²) in [6.45, 7) is 4.69. The van der Waals surface area contributed by atoms with E-state index in [-0.39, 0.29) is 24.1 Å². The molecule has 1 aromatic carbocycles. The summed E-state index contributed by atoms with van der Waals surface area (Å²) < 4.78 is 20.7. The molecule has 1 atom stereocenters. The highest BCUT2D eigenvalue weighted by Crippen LogP contribution is 2.32. The molecular formula is C21H25FN4O3. The van der Waals surface area contributed by atoms with Gasteiger partial charge in [-0.1, -0.05) is 12.1 Å². The standard InChI is InChI=1S/C21H25FN4O3/c1-2-25-11-7-18(23-25)20(28)24-10-8-19(27)26(21(14-24)9-12-29-15-21)13-16-3-5-17(22)6-4-16/h3-7,11H,2,8-10,12-15H2,1H3. The van der Waals surface area contributed by atoms with Crippen molar-refractivity contribution in [1.29, 1.82) is 0 Å². The molecule has 154 valence electrons. The highest BCUT2D eigenvalue weighted by Gasteiger charge is 2.47. The van der Waals surface area contributed by atoms with Crippen molar-refractivity contribution in [1.82, 2.24) is 19.6 Å². The molecule has 2 aliphatic rings. The Hall–Kier alpha value is -2.74. The predicted octanol–water partition coefficient (Wildman–Crippen LogP) is 2.08. The van der Waals surface area contributed by atoms with Crippen LogP contribution in [0.15, 0.2) is 36.5 Å². The number of ether oxygens (including phenoxy) is 1. The van der Waals surface area contributed by atoms with E-state index < -0.39 is 5.54 Å². The second kappa shape index (κ2) is 7.94. The van der Waals surface area contributed by atoms with Crippen molar-refractivity contribution in [3.05, 3.63) is 53.6 Å². The highest BCUT2D eigenvalue weighted by atomic mass is 19.1. The summed E-state index contributed by atoms with van der Waals surface area (Å²) in [6.07, 6.45) is 2.68. The minimum Gasteiger partial charge on any atom is -0.379 e. The van der Waals surface area contributed by atoms with Gasteiger partial charge in [-0.3, -0.25) is 14.3 Å². The first kappa shape index (κ1) is 19.6. The smallest absolute Gasteiger partial charge is 0.274 e. The fraction of sp³-hybridized carbons (Fsp3) is 0.476. The van der Waals surface area contributed by atoms with E-state index in [1.54, 1.807) is 34.0 Å². The van der Waals surface area contributed by atoms with Crippen LogP contribution in [0.2, 0.25) is 0 Å². The van der Waals surface area contributed by atoms with E-state index in [1.165, 1.54) is 12.1 Å². The van der Waals surface area contributed by atoms with Crippen LogP contribution in [0.3, 0.4) is 0 Å². The number of amides is 2. The number of carbonyl (C=O) groups excluding carboxylic acids is 2. The zero-order valence-corrected chi connectivity index (χ0v) is 16.5. The number of carbonyl (C=O) groups is 2. The Labute approximate surface area is 169 Å². The lowest BCUT2D eigenvalue weighted by Gasteiger charge is -2.40. The maximum Gasteiger partial charge on any atom is 0.274 e. The van der Waals surface area contributed by atoms with Crippen molar-refractivity contribution in [2.24, 2.45) is 0 Å². The van der Waals surface area contributed by atoms with Crippen LogP contribution < -0.4 is 0 Å². The molecule has 8 heteroatoms. The van der Waals surface area contributed by atoms with Gasteiger partial charge in [0.25, 0.3) is 5.91 Å². The molecule has 0 bridgehead atoms. The first-order valence-corrected chi connectivity index (χ1v) is 9.96. The molecule has 1 aromatic heterocycles. The van der Waals surface area contributed by atoms with Gasteiger partial charge in [0.1, 0.15) is 11.5 Å².